The van der Waals surface area contributed by atoms with Gasteiger partial charge in [-0.15, -0.1) is 0 Å². The van der Waals surface area contributed by atoms with Crippen molar-refractivity contribution in [1.82, 2.24) is 5.32 Å². The maximum Gasteiger partial charge on any atom is 0.123 e. The SMILES string of the molecule is CC(C)(C)C(NCCCCCO)c1ccc(F)cc1. The predicted molar refractivity (Wildman–Crippen MR) is 77.5 cm³/mol. The average Bonchev–Trinajstić information content (AvgIpc) is 2.34. The maximum atomic E-state index is 13.0. The van der Waals surface area contributed by atoms with Crippen molar-refractivity contribution in [3.05, 3.63) is 35.6 Å². The Kier molecular flexibility index (Phi) is 6.46. The Morgan fingerprint density at radius 2 is 1.74 bits per heavy atom. The molecular formula is C16H26FNO. The van der Waals surface area contributed by atoms with E-state index in [9.17, 15) is 4.39 Å². The van der Waals surface area contributed by atoms with Crippen LogP contribution in [-0.4, -0.2) is 18.3 Å². The van der Waals surface area contributed by atoms with Crippen LogP contribution in [0.15, 0.2) is 24.3 Å². The first-order valence-corrected chi connectivity index (χ1v) is 7.05. The molecule has 2 nitrogen and oxygen atoms in total. The lowest BCUT2D eigenvalue weighted by Gasteiger charge is -2.32. The Balaban J connectivity index is 2.60. The molecule has 0 saturated carbocycles. The summed E-state index contributed by atoms with van der Waals surface area (Å²) in [6, 6.07) is 6.95. The number of aliphatic hydroxyl groups excluding tert-OH is 1. The number of hydrogen-bond donors (Lipinski definition) is 2. The minimum atomic E-state index is -0.195. The van der Waals surface area contributed by atoms with Gasteiger partial charge in [-0.1, -0.05) is 32.9 Å². The van der Waals surface area contributed by atoms with E-state index < -0.39 is 0 Å². The molecule has 1 unspecified atom stereocenters. The molecule has 0 aliphatic heterocycles. The molecule has 0 aliphatic carbocycles. The Hall–Kier alpha value is -0.930. The molecule has 1 aromatic carbocycles. The van der Waals surface area contributed by atoms with E-state index in [-0.39, 0.29) is 23.9 Å². The van der Waals surface area contributed by atoms with Crippen LogP contribution in [0.3, 0.4) is 0 Å². The molecule has 1 rings (SSSR count). The second-order valence-electron chi connectivity index (χ2n) is 6.09. The van der Waals surface area contributed by atoms with Crippen molar-refractivity contribution in [3.63, 3.8) is 0 Å². The second kappa shape index (κ2) is 7.61. The number of nitrogens with one attached hydrogen (secondary N) is 1. The quantitative estimate of drug-likeness (QED) is 0.739. The summed E-state index contributed by atoms with van der Waals surface area (Å²) < 4.78 is 13.0. The van der Waals surface area contributed by atoms with Crippen molar-refractivity contribution in [2.24, 2.45) is 5.41 Å². The molecule has 0 fully saturated rings. The number of aliphatic hydroxyl groups is 1. The fourth-order valence-corrected chi connectivity index (χ4v) is 2.24. The summed E-state index contributed by atoms with van der Waals surface area (Å²) in [4.78, 5) is 0. The maximum absolute atomic E-state index is 13.0. The van der Waals surface area contributed by atoms with E-state index in [0.29, 0.717) is 0 Å². The van der Waals surface area contributed by atoms with Gasteiger partial charge in [0.05, 0.1) is 0 Å². The van der Waals surface area contributed by atoms with E-state index in [0.717, 1.165) is 31.4 Å². The van der Waals surface area contributed by atoms with Crippen molar-refractivity contribution < 1.29 is 9.50 Å². The van der Waals surface area contributed by atoms with Crippen LogP contribution in [0.4, 0.5) is 4.39 Å². The third-order valence-corrected chi connectivity index (χ3v) is 3.25. The highest BCUT2D eigenvalue weighted by Crippen LogP contribution is 2.32. The van der Waals surface area contributed by atoms with Crippen LogP contribution in [0.1, 0.15) is 51.6 Å². The Bertz CT molecular complexity index is 356. The monoisotopic (exact) mass is 267 g/mol. The van der Waals surface area contributed by atoms with Gasteiger partial charge >= 0.3 is 0 Å². The summed E-state index contributed by atoms with van der Waals surface area (Å²) in [5.74, 6) is -0.195. The van der Waals surface area contributed by atoms with Gasteiger partial charge in [0.1, 0.15) is 5.82 Å². The Morgan fingerprint density at radius 3 is 2.26 bits per heavy atom. The fourth-order valence-electron chi connectivity index (χ4n) is 2.24. The van der Waals surface area contributed by atoms with Crippen LogP contribution in [0.5, 0.6) is 0 Å². The smallest absolute Gasteiger partial charge is 0.123 e. The summed E-state index contributed by atoms with van der Waals surface area (Å²) in [7, 11) is 0. The van der Waals surface area contributed by atoms with E-state index in [2.05, 4.69) is 26.1 Å². The van der Waals surface area contributed by atoms with Gasteiger partial charge in [0.15, 0.2) is 0 Å². The first-order valence-electron chi connectivity index (χ1n) is 7.05. The van der Waals surface area contributed by atoms with Gasteiger partial charge in [-0.2, -0.15) is 0 Å². The molecule has 0 amide bonds. The van der Waals surface area contributed by atoms with Crippen LogP contribution >= 0.6 is 0 Å². The minimum absolute atomic E-state index is 0.0782. The van der Waals surface area contributed by atoms with Gasteiger partial charge in [0, 0.05) is 12.6 Å². The lowest BCUT2D eigenvalue weighted by molar-refractivity contribution is 0.264. The highest BCUT2D eigenvalue weighted by molar-refractivity contribution is 5.21. The summed E-state index contributed by atoms with van der Waals surface area (Å²) in [5.41, 5.74) is 1.20. The van der Waals surface area contributed by atoms with Gasteiger partial charge in [0.25, 0.3) is 0 Å². The van der Waals surface area contributed by atoms with E-state index >= 15 is 0 Å². The molecule has 1 atom stereocenters. The number of benzene rings is 1. The van der Waals surface area contributed by atoms with Gasteiger partial charge in [-0.05, 0) is 48.9 Å². The van der Waals surface area contributed by atoms with Crippen molar-refractivity contribution in [1.29, 1.82) is 0 Å². The van der Waals surface area contributed by atoms with Gasteiger partial charge in [0.2, 0.25) is 0 Å². The molecule has 0 aromatic heterocycles. The largest absolute Gasteiger partial charge is 0.396 e. The Labute approximate surface area is 116 Å². The molecule has 0 radical (unpaired) electrons. The van der Waals surface area contributed by atoms with Gasteiger partial charge in [-0.25, -0.2) is 4.39 Å². The summed E-state index contributed by atoms with van der Waals surface area (Å²) in [6.45, 7) is 7.73. The van der Waals surface area contributed by atoms with Crippen LogP contribution in [0.25, 0.3) is 0 Å². The molecule has 0 heterocycles. The number of hydrogen-bond acceptors (Lipinski definition) is 2. The van der Waals surface area contributed by atoms with Gasteiger partial charge in [-0.3, -0.25) is 0 Å². The van der Waals surface area contributed by atoms with E-state index in [1.165, 1.54) is 12.1 Å². The van der Waals surface area contributed by atoms with E-state index in [1.54, 1.807) is 0 Å². The third kappa shape index (κ3) is 5.70. The molecule has 108 valence electrons. The van der Waals surface area contributed by atoms with Crippen LogP contribution in [0.2, 0.25) is 0 Å². The van der Waals surface area contributed by atoms with Crippen molar-refractivity contribution in [3.8, 4) is 0 Å². The molecule has 2 N–H and O–H groups in total. The number of halogens is 1. The molecule has 3 heteroatoms. The molecule has 0 bridgehead atoms. The highest BCUT2D eigenvalue weighted by Gasteiger charge is 2.25. The Morgan fingerprint density at radius 1 is 1.11 bits per heavy atom. The zero-order chi connectivity index (χ0) is 14.3. The average molecular weight is 267 g/mol. The second-order valence-corrected chi connectivity index (χ2v) is 6.09. The van der Waals surface area contributed by atoms with Crippen molar-refractivity contribution in [2.45, 2.75) is 46.1 Å². The first kappa shape index (κ1) is 16.1. The first-order chi connectivity index (χ1) is 8.95. The zero-order valence-corrected chi connectivity index (χ0v) is 12.2. The zero-order valence-electron chi connectivity index (χ0n) is 12.2. The number of rotatable bonds is 7. The van der Waals surface area contributed by atoms with E-state index in [1.807, 2.05) is 12.1 Å². The summed E-state index contributed by atoms with van der Waals surface area (Å²) >= 11 is 0. The molecule has 19 heavy (non-hydrogen) atoms. The van der Waals surface area contributed by atoms with Crippen LogP contribution in [-0.2, 0) is 0 Å². The summed E-state index contributed by atoms with van der Waals surface area (Å²) in [5, 5.41) is 12.3. The van der Waals surface area contributed by atoms with Crippen LogP contribution < -0.4 is 5.32 Å². The molecule has 0 aliphatic rings. The molecule has 1 aromatic rings. The lowest BCUT2D eigenvalue weighted by atomic mass is 9.82. The number of unbranched alkanes of at least 4 members (excludes halogenated alkanes) is 2. The van der Waals surface area contributed by atoms with Crippen LogP contribution in [0, 0.1) is 11.2 Å². The standard InChI is InChI=1S/C16H26FNO/c1-16(2,3)15(18-11-5-4-6-12-19)13-7-9-14(17)10-8-13/h7-10,15,18-19H,4-6,11-12H2,1-3H3. The predicted octanol–water partition coefficient (Wildman–Crippen LogP) is 3.67. The third-order valence-electron chi connectivity index (χ3n) is 3.25. The van der Waals surface area contributed by atoms with E-state index in [4.69, 9.17) is 5.11 Å². The van der Waals surface area contributed by atoms with Crippen molar-refractivity contribution >= 4 is 0 Å². The molecule has 0 saturated heterocycles. The van der Waals surface area contributed by atoms with Gasteiger partial charge < -0.3 is 10.4 Å². The minimum Gasteiger partial charge on any atom is -0.396 e. The van der Waals surface area contributed by atoms with Crippen molar-refractivity contribution in [2.75, 3.05) is 13.2 Å². The normalized spacial score (nSPS) is 13.5. The molecular weight excluding hydrogens is 241 g/mol. The lowest BCUT2D eigenvalue weighted by Crippen LogP contribution is -2.33. The molecule has 0 spiro atoms. The summed E-state index contributed by atoms with van der Waals surface area (Å²) in [6.07, 6.45) is 2.94. The highest BCUT2D eigenvalue weighted by atomic mass is 19.1. The topological polar surface area (TPSA) is 32.3 Å². The fraction of sp³-hybridized carbons (Fsp3) is 0.625.